The zero-order valence-corrected chi connectivity index (χ0v) is 24.1. The number of carboxylic acids is 1. The van der Waals surface area contributed by atoms with E-state index in [9.17, 15) is 9.90 Å². The quantitative estimate of drug-likeness (QED) is 0.330. The SMILES string of the molecule is CSc1ccc(N2c3ccc(/C=C/c4sc5c([n+]4CCC(=O)O)C=CCC5)cc3C3CCCC32)cc1.[Br-]. The van der Waals surface area contributed by atoms with Gasteiger partial charge in [-0.05, 0) is 85.5 Å². The van der Waals surface area contributed by atoms with E-state index >= 15 is 0 Å². The summed E-state index contributed by atoms with van der Waals surface area (Å²) in [6.45, 7) is 0.503. The van der Waals surface area contributed by atoms with Crippen molar-refractivity contribution < 1.29 is 31.4 Å². The monoisotopic (exact) mass is 594 g/mol. The van der Waals surface area contributed by atoms with Gasteiger partial charge in [-0.3, -0.25) is 4.79 Å². The van der Waals surface area contributed by atoms with Gasteiger partial charge < -0.3 is 27.0 Å². The van der Waals surface area contributed by atoms with Crippen LogP contribution in [0.25, 0.3) is 18.2 Å². The molecule has 3 aromatic rings. The highest BCUT2D eigenvalue weighted by Gasteiger charge is 2.42. The number of thiazole rings is 1. The number of allylic oxidation sites excluding steroid dienone is 1. The summed E-state index contributed by atoms with van der Waals surface area (Å²) in [5, 5.41) is 10.4. The molecule has 1 aliphatic heterocycles. The number of benzene rings is 2. The number of nitrogens with zero attached hydrogens (tertiary/aromatic N) is 2. The first-order valence-corrected chi connectivity index (χ1v) is 14.9. The maximum absolute atomic E-state index is 11.3. The van der Waals surface area contributed by atoms with Crippen LogP contribution in [0.2, 0.25) is 0 Å². The molecule has 6 rings (SSSR count). The Balaban J connectivity index is 0.00000280. The Morgan fingerprint density at radius 2 is 2.03 bits per heavy atom. The third-order valence-corrected chi connectivity index (χ3v) is 9.69. The van der Waals surface area contributed by atoms with Gasteiger partial charge in [0.1, 0.15) is 6.42 Å². The summed E-state index contributed by atoms with van der Waals surface area (Å²) in [6.07, 6.45) is 16.9. The molecule has 0 bridgehead atoms. The first-order valence-electron chi connectivity index (χ1n) is 12.8. The number of hydrogen-bond acceptors (Lipinski definition) is 4. The third kappa shape index (κ3) is 5.06. The Hall–Kier alpha value is -2.35. The van der Waals surface area contributed by atoms with Crippen molar-refractivity contribution in [1.82, 2.24) is 0 Å². The highest BCUT2D eigenvalue weighted by atomic mass is 79.9. The topological polar surface area (TPSA) is 44.4 Å². The lowest BCUT2D eigenvalue weighted by atomic mass is 9.96. The minimum atomic E-state index is -0.755. The van der Waals surface area contributed by atoms with E-state index in [1.807, 2.05) is 0 Å². The summed E-state index contributed by atoms with van der Waals surface area (Å²) in [5.41, 5.74) is 6.51. The Morgan fingerprint density at radius 1 is 1.19 bits per heavy atom. The van der Waals surface area contributed by atoms with Crippen molar-refractivity contribution in [1.29, 1.82) is 0 Å². The lowest BCUT2D eigenvalue weighted by molar-refractivity contribution is -0.694. The van der Waals surface area contributed by atoms with E-state index in [4.69, 9.17) is 0 Å². The molecule has 37 heavy (non-hydrogen) atoms. The minimum absolute atomic E-state index is 0. The highest BCUT2D eigenvalue weighted by molar-refractivity contribution is 7.98. The second-order valence-electron chi connectivity index (χ2n) is 9.81. The molecule has 1 fully saturated rings. The van der Waals surface area contributed by atoms with E-state index in [1.165, 1.54) is 57.2 Å². The normalized spacial score (nSPS) is 19.5. The van der Waals surface area contributed by atoms with Gasteiger partial charge in [0.15, 0.2) is 6.54 Å². The molecule has 3 aliphatic rings. The number of aliphatic carboxylic acids is 1. The molecular weight excluding hydrogens is 564 g/mol. The number of carboxylic acid groups (broad SMARTS) is 1. The molecule has 2 heterocycles. The molecule has 1 aromatic heterocycles. The van der Waals surface area contributed by atoms with Gasteiger partial charge in [0.2, 0.25) is 5.69 Å². The first-order chi connectivity index (χ1) is 17.6. The van der Waals surface area contributed by atoms with Crippen LogP contribution in [0, 0.1) is 0 Å². The highest BCUT2D eigenvalue weighted by Crippen LogP contribution is 2.52. The van der Waals surface area contributed by atoms with Gasteiger partial charge in [0.05, 0.1) is 4.88 Å². The van der Waals surface area contributed by atoms with E-state index in [0.29, 0.717) is 18.5 Å². The van der Waals surface area contributed by atoms with Gasteiger partial charge >= 0.3 is 5.97 Å². The standard InChI is InChI=1S/C30H30N2O2S2.BrH/c1-35-22-13-11-21(12-14-22)32-25-7-4-5-23(25)24-19-20(9-15-26(24)32)10-16-29-31(18-17-30(33)34)27-6-2-3-8-28(27)36-29;/h2,6,9-16,19,23,25H,3-5,7-8,17-18H2,1H3;1H. The Bertz CT molecular complexity index is 1360. The van der Waals surface area contributed by atoms with Crippen molar-refractivity contribution in [3.05, 3.63) is 75.2 Å². The maximum atomic E-state index is 11.3. The van der Waals surface area contributed by atoms with Crippen LogP contribution in [-0.4, -0.2) is 23.4 Å². The summed E-state index contributed by atoms with van der Waals surface area (Å²) in [6, 6.07) is 16.5. The number of halogens is 1. The van der Waals surface area contributed by atoms with E-state index in [1.54, 1.807) is 23.1 Å². The van der Waals surface area contributed by atoms with E-state index in [-0.39, 0.29) is 23.4 Å². The minimum Gasteiger partial charge on any atom is -1.00 e. The smallest absolute Gasteiger partial charge is 0.309 e. The molecule has 0 radical (unpaired) electrons. The average molecular weight is 596 g/mol. The van der Waals surface area contributed by atoms with Crippen molar-refractivity contribution in [3.8, 4) is 0 Å². The number of hydrogen-bond donors (Lipinski definition) is 1. The number of rotatable bonds is 7. The summed E-state index contributed by atoms with van der Waals surface area (Å²) in [5.74, 6) is -0.164. The lowest BCUT2D eigenvalue weighted by Crippen LogP contribution is -3.00. The van der Waals surface area contributed by atoms with E-state index in [2.05, 4.69) is 82.5 Å². The van der Waals surface area contributed by atoms with Gasteiger partial charge in [-0.2, -0.15) is 4.57 Å². The maximum Gasteiger partial charge on any atom is 0.309 e. The molecule has 0 saturated heterocycles. The Kier molecular flexibility index (Phi) is 7.93. The van der Waals surface area contributed by atoms with E-state index < -0.39 is 5.97 Å². The fraction of sp³-hybridized carbons (Fsp3) is 0.333. The van der Waals surface area contributed by atoms with Gasteiger partial charge in [-0.25, -0.2) is 0 Å². The van der Waals surface area contributed by atoms with Gasteiger partial charge in [-0.1, -0.05) is 29.9 Å². The molecule has 1 saturated carbocycles. The van der Waals surface area contributed by atoms with Crippen molar-refractivity contribution in [2.24, 2.45) is 0 Å². The predicted molar refractivity (Wildman–Crippen MR) is 150 cm³/mol. The number of aromatic nitrogens is 1. The molecule has 4 nitrogen and oxygen atoms in total. The van der Waals surface area contributed by atoms with Crippen LogP contribution in [0.4, 0.5) is 11.4 Å². The Morgan fingerprint density at radius 3 is 2.81 bits per heavy atom. The number of aryl methyl sites for hydroxylation is 1. The number of anilines is 2. The largest absolute Gasteiger partial charge is 1.00 e. The van der Waals surface area contributed by atoms with Crippen molar-refractivity contribution in [2.45, 2.75) is 61.9 Å². The van der Waals surface area contributed by atoms with Crippen LogP contribution in [0.3, 0.4) is 0 Å². The van der Waals surface area contributed by atoms with Crippen LogP contribution in [0.15, 0.2) is 53.4 Å². The van der Waals surface area contributed by atoms with Crippen LogP contribution in [0.5, 0.6) is 0 Å². The van der Waals surface area contributed by atoms with E-state index in [0.717, 1.165) is 17.8 Å². The molecule has 0 amide bonds. The summed E-state index contributed by atoms with van der Waals surface area (Å²) in [4.78, 5) is 16.5. The average Bonchev–Trinajstić information content (AvgIpc) is 3.59. The molecule has 1 N–H and O–H groups in total. The summed E-state index contributed by atoms with van der Waals surface area (Å²) < 4.78 is 2.18. The van der Waals surface area contributed by atoms with Crippen LogP contribution in [-0.2, 0) is 17.8 Å². The second kappa shape index (κ2) is 11.2. The van der Waals surface area contributed by atoms with Gasteiger partial charge in [0.25, 0.3) is 5.01 Å². The molecule has 2 aliphatic carbocycles. The molecule has 2 unspecified atom stereocenters. The number of thioether (sulfide) groups is 1. The third-order valence-electron chi connectivity index (χ3n) is 7.72. The lowest BCUT2D eigenvalue weighted by Gasteiger charge is -2.27. The fourth-order valence-electron chi connectivity index (χ4n) is 6.06. The molecule has 2 aromatic carbocycles. The zero-order chi connectivity index (χ0) is 24.6. The molecule has 2 atom stereocenters. The number of fused-ring (bicyclic) bond motifs is 4. The van der Waals surface area contributed by atoms with Gasteiger partial charge in [-0.15, -0.1) is 11.8 Å². The van der Waals surface area contributed by atoms with Crippen LogP contribution in [0.1, 0.15) is 64.7 Å². The predicted octanol–water partition coefficient (Wildman–Crippen LogP) is 4.15. The Labute approximate surface area is 237 Å². The van der Waals surface area contributed by atoms with Crippen LogP contribution < -0.4 is 26.4 Å². The first kappa shape index (κ1) is 26.3. The number of carbonyl (C=O) groups is 1. The molecule has 192 valence electrons. The molecular formula is C30H31BrN2O2S2. The summed E-state index contributed by atoms with van der Waals surface area (Å²) >= 11 is 3.58. The van der Waals surface area contributed by atoms with Gasteiger partial charge in [0, 0.05) is 40.4 Å². The van der Waals surface area contributed by atoms with Crippen LogP contribution >= 0.6 is 23.1 Å². The molecule has 7 heteroatoms. The van der Waals surface area contributed by atoms with Crippen molar-refractivity contribution in [3.63, 3.8) is 0 Å². The summed E-state index contributed by atoms with van der Waals surface area (Å²) in [7, 11) is 0. The van der Waals surface area contributed by atoms with Crippen molar-refractivity contribution in [2.75, 3.05) is 11.2 Å². The zero-order valence-electron chi connectivity index (χ0n) is 20.9. The fourth-order valence-corrected chi connectivity index (χ4v) is 7.66. The van der Waals surface area contributed by atoms with Crippen molar-refractivity contribution >= 4 is 58.7 Å². The molecule has 0 spiro atoms. The second-order valence-corrected chi connectivity index (χ2v) is 11.8.